The summed E-state index contributed by atoms with van der Waals surface area (Å²) in [5.74, 6) is 0.00146. The lowest BCUT2D eigenvalue weighted by molar-refractivity contribution is 0.103. The highest BCUT2D eigenvalue weighted by Gasteiger charge is 2.20. The van der Waals surface area contributed by atoms with Gasteiger partial charge in [-0.05, 0) is 73.9 Å². The van der Waals surface area contributed by atoms with Crippen LogP contribution in [0, 0.1) is 0 Å². The van der Waals surface area contributed by atoms with Gasteiger partial charge in [-0.3, -0.25) is 14.4 Å². The highest BCUT2D eigenvalue weighted by Crippen LogP contribution is 2.24. The fourth-order valence-corrected chi connectivity index (χ4v) is 4.38. The average molecular weight is 507 g/mol. The van der Waals surface area contributed by atoms with Crippen LogP contribution in [0.15, 0.2) is 91.0 Å². The first kappa shape index (κ1) is 25.0. The van der Waals surface area contributed by atoms with Crippen LogP contribution in [-0.4, -0.2) is 35.7 Å². The van der Waals surface area contributed by atoms with E-state index in [0.29, 0.717) is 35.8 Å². The minimum Gasteiger partial charge on any atom is -0.508 e. The molecule has 1 aliphatic heterocycles. The van der Waals surface area contributed by atoms with E-state index in [4.69, 9.17) is 9.47 Å². The maximum Gasteiger partial charge on any atom is 0.193 e. The van der Waals surface area contributed by atoms with Crippen LogP contribution in [0.5, 0.6) is 17.2 Å². The smallest absolute Gasteiger partial charge is 0.193 e. The molecule has 190 valence electrons. The molecular weight excluding hydrogens is 480 g/mol. The number of benzene rings is 4. The number of ether oxygens (including phenoxy) is 2. The molecule has 38 heavy (non-hydrogen) atoms. The lowest BCUT2D eigenvalue weighted by Crippen LogP contribution is -2.11. The van der Waals surface area contributed by atoms with Crippen molar-refractivity contribution in [1.29, 1.82) is 0 Å². The molecule has 1 aliphatic rings. The highest BCUT2D eigenvalue weighted by molar-refractivity contribution is 6.17. The lowest BCUT2D eigenvalue weighted by Gasteiger charge is -2.12. The number of rotatable bonds is 2. The average Bonchev–Trinajstić information content (AvgIpc) is 2.95. The topological polar surface area (TPSA) is 89.9 Å². The second-order valence-corrected chi connectivity index (χ2v) is 9.15. The van der Waals surface area contributed by atoms with Gasteiger partial charge < -0.3 is 14.6 Å². The molecule has 0 fully saturated rings. The number of hydrogen-bond donors (Lipinski definition) is 1. The van der Waals surface area contributed by atoms with Crippen molar-refractivity contribution < 1.29 is 29.0 Å². The number of hydrogen-bond acceptors (Lipinski definition) is 6. The largest absolute Gasteiger partial charge is 0.508 e. The lowest BCUT2D eigenvalue weighted by atomic mass is 9.92. The summed E-state index contributed by atoms with van der Waals surface area (Å²) in [6.45, 7) is 1.03. The summed E-state index contributed by atoms with van der Waals surface area (Å²) in [7, 11) is 0. The number of carbonyl (C=O) groups excluding carboxylic acids is 3. The Morgan fingerprint density at radius 1 is 0.579 bits per heavy atom. The van der Waals surface area contributed by atoms with E-state index in [2.05, 4.69) is 0 Å². The predicted octanol–water partition coefficient (Wildman–Crippen LogP) is 6.03. The Hall–Kier alpha value is -4.71. The summed E-state index contributed by atoms with van der Waals surface area (Å²) >= 11 is 0. The van der Waals surface area contributed by atoms with Crippen LogP contribution in [0.3, 0.4) is 0 Å². The van der Waals surface area contributed by atoms with Crippen LogP contribution >= 0.6 is 0 Å². The van der Waals surface area contributed by atoms with Gasteiger partial charge in [-0.1, -0.05) is 36.4 Å². The molecule has 0 amide bonds. The van der Waals surface area contributed by atoms with Crippen molar-refractivity contribution in [2.45, 2.75) is 19.3 Å². The SMILES string of the molecule is O=C(c1cccc(O)c1)c1cc2cc(c1)C(=O)c1cccc(c1)OCCCCCOc1cccc(c1)C2=O. The predicted molar refractivity (Wildman–Crippen MR) is 143 cm³/mol. The van der Waals surface area contributed by atoms with Crippen molar-refractivity contribution in [1.82, 2.24) is 0 Å². The van der Waals surface area contributed by atoms with Crippen LogP contribution in [0.25, 0.3) is 0 Å². The molecule has 1 N–H and O–H groups in total. The Kier molecular flexibility index (Phi) is 7.31. The van der Waals surface area contributed by atoms with Gasteiger partial charge in [-0.15, -0.1) is 0 Å². The first-order valence-electron chi connectivity index (χ1n) is 12.5. The number of aromatic hydroxyl groups is 1. The third-order valence-corrected chi connectivity index (χ3v) is 6.35. The zero-order valence-electron chi connectivity index (χ0n) is 20.7. The van der Waals surface area contributed by atoms with Gasteiger partial charge >= 0.3 is 0 Å². The molecule has 1 heterocycles. The fourth-order valence-electron chi connectivity index (χ4n) is 4.38. The van der Waals surface area contributed by atoms with Gasteiger partial charge in [0.15, 0.2) is 17.3 Å². The molecular formula is C32H26O6. The summed E-state index contributed by atoms with van der Waals surface area (Å²) in [6, 6.07) is 24.2. The van der Waals surface area contributed by atoms with E-state index in [-0.39, 0.29) is 39.6 Å². The van der Waals surface area contributed by atoms with Crippen molar-refractivity contribution in [3.05, 3.63) is 124 Å². The number of phenolic OH excluding ortho intramolecular Hbond substituents is 1. The third-order valence-electron chi connectivity index (χ3n) is 6.35. The highest BCUT2D eigenvalue weighted by atomic mass is 16.5. The minimum absolute atomic E-state index is 0.0545. The monoisotopic (exact) mass is 506 g/mol. The van der Waals surface area contributed by atoms with Crippen molar-refractivity contribution in [3.63, 3.8) is 0 Å². The Bertz CT molecular complexity index is 1440. The van der Waals surface area contributed by atoms with E-state index in [0.717, 1.165) is 19.3 Å². The summed E-state index contributed by atoms with van der Waals surface area (Å²) in [5, 5.41) is 9.87. The maximum atomic E-state index is 13.6. The van der Waals surface area contributed by atoms with Gasteiger partial charge in [0.05, 0.1) is 13.2 Å². The van der Waals surface area contributed by atoms with Crippen LogP contribution < -0.4 is 9.47 Å². The van der Waals surface area contributed by atoms with Gasteiger partial charge in [-0.25, -0.2) is 0 Å². The number of carbonyl (C=O) groups is 3. The van der Waals surface area contributed by atoms with Crippen molar-refractivity contribution in [2.75, 3.05) is 13.2 Å². The Morgan fingerprint density at radius 2 is 1.13 bits per heavy atom. The van der Waals surface area contributed by atoms with E-state index in [1.807, 2.05) is 0 Å². The van der Waals surface area contributed by atoms with Gasteiger partial charge in [0.1, 0.15) is 17.2 Å². The van der Waals surface area contributed by atoms with E-state index in [9.17, 15) is 19.5 Å². The van der Waals surface area contributed by atoms with E-state index < -0.39 is 5.78 Å². The van der Waals surface area contributed by atoms with Crippen LogP contribution in [0.4, 0.5) is 0 Å². The molecule has 4 aromatic rings. The molecule has 0 unspecified atom stereocenters. The van der Waals surface area contributed by atoms with Gasteiger partial charge in [-0.2, -0.15) is 0 Å². The van der Waals surface area contributed by atoms with E-state index in [1.54, 1.807) is 60.7 Å². The number of ketones is 3. The Balaban J connectivity index is 1.62. The van der Waals surface area contributed by atoms with Gasteiger partial charge in [0.2, 0.25) is 0 Å². The third kappa shape index (κ3) is 5.65. The van der Waals surface area contributed by atoms with Crippen molar-refractivity contribution >= 4 is 17.3 Å². The van der Waals surface area contributed by atoms with E-state index >= 15 is 0 Å². The van der Waals surface area contributed by atoms with Crippen molar-refractivity contribution in [3.8, 4) is 17.2 Å². The maximum absolute atomic E-state index is 13.6. The zero-order chi connectivity index (χ0) is 26.5. The minimum atomic E-state index is -0.416. The standard InChI is InChI=1S/C32H26O6/c33-27-10-4-7-21(18-27)30(34)24-15-25-17-26(16-24)32(36)23-9-6-12-29(20-23)38-14-3-1-2-13-37-28-11-5-8-22(19-28)31(25)35/h4-12,15-20,33H,1-3,13-14H2. The molecule has 0 radical (unpaired) electrons. The molecule has 6 bridgehead atoms. The zero-order valence-corrected chi connectivity index (χ0v) is 20.7. The molecule has 5 rings (SSSR count). The molecule has 6 nitrogen and oxygen atoms in total. The molecule has 0 aliphatic carbocycles. The molecule has 6 heteroatoms. The second-order valence-electron chi connectivity index (χ2n) is 9.15. The summed E-state index contributed by atoms with van der Waals surface area (Å²) in [6.07, 6.45) is 2.59. The molecule has 4 aromatic carbocycles. The second kappa shape index (κ2) is 11.1. The first-order chi connectivity index (χ1) is 18.5. The van der Waals surface area contributed by atoms with Crippen LogP contribution in [-0.2, 0) is 0 Å². The van der Waals surface area contributed by atoms with Crippen LogP contribution in [0.2, 0.25) is 0 Å². The molecule has 0 saturated heterocycles. The quantitative estimate of drug-likeness (QED) is 0.334. The van der Waals surface area contributed by atoms with Gasteiger partial charge in [0, 0.05) is 33.4 Å². The normalized spacial score (nSPS) is 14.0. The van der Waals surface area contributed by atoms with Gasteiger partial charge in [0.25, 0.3) is 0 Å². The Labute approximate surface area is 220 Å². The van der Waals surface area contributed by atoms with Crippen LogP contribution in [0.1, 0.15) is 67.0 Å². The molecule has 0 atom stereocenters. The number of phenols is 1. The summed E-state index contributed by atoms with van der Waals surface area (Å²) in [5.41, 5.74) is 1.58. The van der Waals surface area contributed by atoms with E-state index in [1.165, 1.54) is 30.3 Å². The summed E-state index contributed by atoms with van der Waals surface area (Å²) in [4.78, 5) is 40.5. The van der Waals surface area contributed by atoms with Crippen molar-refractivity contribution in [2.24, 2.45) is 0 Å². The molecule has 0 saturated carbocycles. The Morgan fingerprint density at radius 3 is 1.68 bits per heavy atom. The molecule has 0 aromatic heterocycles. The first-order valence-corrected chi connectivity index (χ1v) is 12.5. The molecule has 0 spiro atoms. The number of fused-ring (bicyclic) bond motifs is 6. The summed E-state index contributed by atoms with van der Waals surface area (Å²) < 4.78 is 11.7. The fraction of sp³-hybridized carbons (Fsp3) is 0.156.